The van der Waals surface area contributed by atoms with Crippen LogP contribution in [0.1, 0.15) is 12.5 Å². The Balaban J connectivity index is 0.000000567. The van der Waals surface area contributed by atoms with Crippen LogP contribution in [0.2, 0.25) is 0 Å². The Morgan fingerprint density at radius 2 is 1.75 bits per heavy atom. The predicted octanol–water partition coefficient (Wildman–Crippen LogP) is 4.54. The first-order valence-electron chi connectivity index (χ1n) is 8.43. The van der Waals surface area contributed by atoms with E-state index >= 15 is 0 Å². The number of allylic oxidation sites excluding steroid dienone is 7. The van der Waals surface area contributed by atoms with Crippen LogP contribution in [0.5, 0.6) is 11.5 Å². The third kappa shape index (κ3) is 7.55. The fourth-order valence-electron chi connectivity index (χ4n) is 2.30. The van der Waals surface area contributed by atoms with Gasteiger partial charge in [-0.1, -0.05) is 48.3 Å². The van der Waals surface area contributed by atoms with Gasteiger partial charge < -0.3 is 14.5 Å². The van der Waals surface area contributed by atoms with Crippen molar-refractivity contribution in [1.82, 2.24) is 0 Å². The molecule has 2 aromatic carbocycles. The van der Waals surface area contributed by atoms with Crippen LogP contribution in [0.4, 0.5) is 8.63 Å². The molecule has 0 atom stereocenters. The Morgan fingerprint density at radius 3 is 2.29 bits per heavy atom. The third-order valence-corrected chi connectivity index (χ3v) is 3.42. The first-order valence-corrected chi connectivity index (χ1v) is 8.43. The molecule has 3 nitrogen and oxygen atoms in total. The van der Waals surface area contributed by atoms with E-state index in [1.165, 1.54) is 18.2 Å². The summed E-state index contributed by atoms with van der Waals surface area (Å²) < 4.78 is 34.8. The van der Waals surface area contributed by atoms with Gasteiger partial charge in [-0.2, -0.15) is 18.2 Å². The standard InChI is InChI=1S/C16H15BF2O3.C5H5.Fe/c1-2-21-14-8-5-9-15(22-17(18)19)16(14)13(20)11-10-12-6-3-4-7-12;1-2-4-5-3-1;/h3-11,20H,2H2,1H3;1-5H;/q;-1;+2/p-1. The molecule has 2 aromatic rings. The number of hydrogen-bond acceptors (Lipinski definition) is 3. The molecule has 0 unspecified atom stereocenters. The number of ether oxygens (including phenoxy) is 1. The molecule has 3 rings (SSSR count). The van der Waals surface area contributed by atoms with Crippen molar-refractivity contribution in [2.24, 2.45) is 0 Å². The molecule has 146 valence electrons. The van der Waals surface area contributed by atoms with Crippen molar-refractivity contribution in [2.75, 3.05) is 6.61 Å². The summed E-state index contributed by atoms with van der Waals surface area (Å²) in [6.07, 6.45) is 10.2. The van der Waals surface area contributed by atoms with Crippen LogP contribution in [0.15, 0.2) is 90.6 Å². The SMILES string of the molecule is CCOc1cccc(OB(F)F)c1C([O-])=CC=C1C=CC=C1.[Fe+2].c1cc[cH-]c1. The minimum atomic E-state index is -3.01. The summed E-state index contributed by atoms with van der Waals surface area (Å²) in [5, 5.41) is 12.3. The molecule has 0 N–H and O–H groups in total. The molecule has 0 saturated heterocycles. The largest absolute Gasteiger partial charge is 2.00 e. The summed E-state index contributed by atoms with van der Waals surface area (Å²) in [5.41, 5.74) is 0.839. The maximum atomic E-state index is 12.5. The maximum absolute atomic E-state index is 12.5. The first-order chi connectivity index (χ1) is 13.1. The fraction of sp³-hybridized carbons (Fsp3) is 0.0952. The second kappa shape index (κ2) is 12.7. The molecular formula is C21H19BF2FeO3. The van der Waals surface area contributed by atoms with Crippen molar-refractivity contribution in [2.45, 2.75) is 6.92 Å². The molecular weight excluding hydrogens is 405 g/mol. The van der Waals surface area contributed by atoms with Gasteiger partial charge in [0.1, 0.15) is 11.5 Å². The van der Waals surface area contributed by atoms with Crippen LogP contribution in [-0.2, 0) is 17.1 Å². The maximum Gasteiger partial charge on any atom is 2.00 e. The normalized spacial score (nSPS) is 12.0. The summed E-state index contributed by atoms with van der Waals surface area (Å²) in [6.45, 7) is 2.06. The molecule has 0 amide bonds. The van der Waals surface area contributed by atoms with Crippen molar-refractivity contribution >= 4 is 13.2 Å². The zero-order valence-electron chi connectivity index (χ0n) is 15.2. The summed E-state index contributed by atoms with van der Waals surface area (Å²) in [7, 11) is -3.01. The zero-order chi connectivity index (χ0) is 19.5. The molecule has 0 aliphatic heterocycles. The molecule has 0 fully saturated rings. The van der Waals surface area contributed by atoms with Gasteiger partial charge >= 0.3 is 24.5 Å². The van der Waals surface area contributed by atoms with Gasteiger partial charge in [-0.15, -0.1) is 0 Å². The van der Waals surface area contributed by atoms with Crippen LogP contribution in [0.25, 0.3) is 5.76 Å². The van der Waals surface area contributed by atoms with Gasteiger partial charge in [-0.25, -0.2) is 20.8 Å². The molecule has 0 heterocycles. The van der Waals surface area contributed by atoms with Crippen molar-refractivity contribution in [3.05, 3.63) is 96.1 Å². The summed E-state index contributed by atoms with van der Waals surface area (Å²) in [6, 6.07) is 14.4. The Labute approximate surface area is 174 Å². The quantitative estimate of drug-likeness (QED) is 0.389. The summed E-state index contributed by atoms with van der Waals surface area (Å²) in [5.74, 6) is -0.434. The van der Waals surface area contributed by atoms with E-state index in [2.05, 4.69) is 4.65 Å². The van der Waals surface area contributed by atoms with Gasteiger partial charge in [0.05, 0.1) is 6.61 Å². The average molecular weight is 424 g/mol. The molecule has 1 aliphatic carbocycles. The molecule has 0 saturated carbocycles. The third-order valence-electron chi connectivity index (χ3n) is 3.42. The van der Waals surface area contributed by atoms with E-state index in [-0.39, 0.29) is 34.1 Å². The topological polar surface area (TPSA) is 41.5 Å². The van der Waals surface area contributed by atoms with Crippen LogP contribution < -0.4 is 14.5 Å². The van der Waals surface area contributed by atoms with Crippen LogP contribution in [0, 0.1) is 0 Å². The van der Waals surface area contributed by atoms with E-state index in [0.29, 0.717) is 6.61 Å². The smallest absolute Gasteiger partial charge is 0.872 e. The van der Waals surface area contributed by atoms with Gasteiger partial charge in [-0.3, -0.25) is 0 Å². The zero-order valence-corrected chi connectivity index (χ0v) is 16.3. The number of halogens is 2. The van der Waals surface area contributed by atoms with Gasteiger partial charge in [0.25, 0.3) is 0 Å². The minimum absolute atomic E-state index is 0. The van der Waals surface area contributed by atoms with E-state index in [1.54, 1.807) is 19.1 Å². The van der Waals surface area contributed by atoms with Crippen LogP contribution in [-0.4, -0.2) is 14.1 Å². The van der Waals surface area contributed by atoms with Crippen molar-refractivity contribution in [1.29, 1.82) is 0 Å². The van der Waals surface area contributed by atoms with E-state index < -0.39 is 13.2 Å². The van der Waals surface area contributed by atoms with E-state index in [1.807, 2.05) is 54.6 Å². The van der Waals surface area contributed by atoms with E-state index in [0.717, 1.165) is 5.57 Å². The molecule has 0 radical (unpaired) electrons. The average Bonchev–Trinajstić information content (AvgIpc) is 3.36. The van der Waals surface area contributed by atoms with Gasteiger partial charge in [-0.05, 0) is 24.6 Å². The van der Waals surface area contributed by atoms with Crippen LogP contribution in [0.3, 0.4) is 0 Å². The molecule has 0 bridgehead atoms. The molecule has 1 aliphatic rings. The Morgan fingerprint density at radius 1 is 1.11 bits per heavy atom. The summed E-state index contributed by atoms with van der Waals surface area (Å²) >= 11 is 0. The Hall–Kier alpha value is -2.63. The number of benzene rings is 1. The van der Waals surface area contributed by atoms with Gasteiger partial charge in [0, 0.05) is 5.56 Å². The predicted molar refractivity (Wildman–Crippen MR) is 103 cm³/mol. The van der Waals surface area contributed by atoms with E-state index in [4.69, 9.17) is 4.74 Å². The van der Waals surface area contributed by atoms with Gasteiger partial charge in [0.2, 0.25) is 0 Å². The molecule has 28 heavy (non-hydrogen) atoms. The Bertz CT molecular complexity index is 797. The monoisotopic (exact) mass is 424 g/mol. The fourth-order valence-corrected chi connectivity index (χ4v) is 2.30. The first kappa shape index (κ1) is 23.4. The minimum Gasteiger partial charge on any atom is -0.872 e. The van der Waals surface area contributed by atoms with E-state index in [9.17, 15) is 13.7 Å². The summed E-state index contributed by atoms with van der Waals surface area (Å²) in [4.78, 5) is 0. The van der Waals surface area contributed by atoms with Crippen LogP contribution >= 0.6 is 0 Å². The van der Waals surface area contributed by atoms with Crippen molar-refractivity contribution in [3.8, 4) is 11.5 Å². The van der Waals surface area contributed by atoms with Crippen molar-refractivity contribution in [3.63, 3.8) is 0 Å². The number of rotatable bonds is 6. The van der Waals surface area contributed by atoms with Gasteiger partial charge in [0.15, 0.2) is 0 Å². The second-order valence-electron chi connectivity index (χ2n) is 5.32. The Kier molecular flexibility index (Phi) is 10.6. The van der Waals surface area contributed by atoms with Crippen molar-refractivity contribution < 1.29 is 40.2 Å². The second-order valence-corrected chi connectivity index (χ2v) is 5.32. The molecule has 7 heteroatoms. The molecule has 0 spiro atoms. The molecule has 0 aromatic heterocycles. The number of hydrogen-bond donors (Lipinski definition) is 0.